The predicted molar refractivity (Wildman–Crippen MR) is 81.9 cm³/mol. The fourth-order valence-electron chi connectivity index (χ4n) is 1.88. The van der Waals surface area contributed by atoms with Crippen molar-refractivity contribution >= 4 is 11.6 Å². The zero-order valence-electron chi connectivity index (χ0n) is 11.7. The second kappa shape index (κ2) is 7.17. The summed E-state index contributed by atoms with van der Waals surface area (Å²) in [7, 11) is 1.88. The number of nitrogens with one attached hydrogen (secondary N) is 1. The van der Waals surface area contributed by atoms with Gasteiger partial charge in [0.15, 0.2) is 0 Å². The molecule has 2 aromatic carbocycles. The van der Waals surface area contributed by atoms with Crippen molar-refractivity contribution in [2.75, 3.05) is 13.7 Å². The summed E-state index contributed by atoms with van der Waals surface area (Å²) in [5, 5.41) is 3.79. The third-order valence-electron chi connectivity index (χ3n) is 2.79. The Balaban J connectivity index is 2.19. The van der Waals surface area contributed by atoms with Crippen LogP contribution in [-0.4, -0.2) is 13.7 Å². The van der Waals surface area contributed by atoms with Crippen LogP contribution in [0.4, 0.5) is 0 Å². The van der Waals surface area contributed by atoms with Crippen molar-refractivity contribution in [2.24, 2.45) is 0 Å². The molecule has 0 fully saturated rings. The van der Waals surface area contributed by atoms with Crippen LogP contribution in [0.5, 0.6) is 17.2 Å². The molecule has 2 aromatic rings. The molecule has 0 heterocycles. The van der Waals surface area contributed by atoms with Crippen LogP contribution in [0.15, 0.2) is 42.5 Å². The maximum atomic E-state index is 6.20. The Morgan fingerprint density at radius 3 is 2.40 bits per heavy atom. The zero-order valence-corrected chi connectivity index (χ0v) is 12.4. The minimum Gasteiger partial charge on any atom is -0.494 e. The summed E-state index contributed by atoms with van der Waals surface area (Å²) < 4.78 is 11.3. The minimum absolute atomic E-state index is 0.654. The average molecular weight is 292 g/mol. The maximum absolute atomic E-state index is 6.20. The highest BCUT2D eigenvalue weighted by Crippen LogP contribution is 2.31. The van der Waals surface area contributed by atoms with Crippen LogP contribution >= 0.6 is 11.6 Å². The second-order valence-corrected chi connectivity index (χ2v) is 4.66. The summed E-state index contributed by atoms with van der Waals surface area (Å²) in [5.41, 5.74) is 0.950. The first-order valence-corrected chi connectivity index (χ1v) is 6.95. The summed E-state index contributed by atoms with van der Waals surface area (Å²) in [6.07, 6.45) is 0. The van der Waals surface area contributed by atoms with Gasteiger partial charge in [-0.2, -0.15) is 0 Å². The molecule has 0 spiro atoms. The van der Waals surface area contributed by atoms with Crippen LogP contribution in [0.3, 0.4) is 0 Å². The van der Waals surface area contributed by atoms with Gasteiger partial charge in [0.05, 0.1) is 6.61 Å². The predicted octanol–water partition coefficient (Wildman–Crippen LogP) is 4.25. The molecule has 20 heavy (non-hydrogen) atoms. The SMILES string of the molecule is CCOc1ccc(Oc2cccc(Cl)c2CNC)cc1. The molecule has 3 nitrogen and oxygen atoms in total. The molecular weight excluding hydrogens is 274 g/mol. The first-order chi connectivity index (χ1) is 9.74. The number of ether oxygens (including phenoxy) is 2. The van der Waals surface area contributed by atoms with E-state index >= 15 is 0 Å². The average Bonchev–Trinajstić information content (AvgIpc) is 2.45. The Morgan fingerprint density at radius 1 is 1.05 bits per heavy atom. The van der Waals surface area contributed by atoms with Crippen molar-refractivity contribution in [2.45, 2.75) is 13.5 Å². The number of rotatable bonds is 6. The molecule has 0 aliphatic rings. The third kappa shape index (κ3) is 3.65. The number of halogens is 1. The molecule has 0 radical (unpaired) electrons. The van der Waals surface area contributed by atoms with Gasteiger partial charge in [-0.05, 0) is 50.4 Å². The monoisotopic (exact) mass is 291 g/mol. The molecule has 0 saturated carbocycles. The molecule has 0 atom stereocenters. The Kier molecular flexibility index (Phi) is 5.27. The number of benzene rings is 2. The fourth-order valence-corrected chi connectivity index (χ4v) is 2.11. The van der Waals surface area contributed by atoms with Crippen LogP contribution in [0.1, 0.15) is 12.5 Å². The van der Waals surface area contributed by atoms with Gasteiger partial charge in [0.25, 0.3) is 0 Å². The molecule has 106 valence electrons. The van der Waals surface area contributed by atoms with Gasteiger partial charge in [-0.3, -0.25) is 0 Å². The van der Waals surface area contributed by atoms with E-state index in [9.17, 15) is 0 Å². The molecule has 0 amide bonds. The lowest BCUT2D eigenvalue weighted by molar-refractivity contribution is 0.339. The molecule has 2 rings (SSSR count). The van der Waals surface area contributed by atoms with Gasteiger partial charge in [-0.25, -0.2) is 0 Å². The van der Waals surface area contributed by atoms with E-state index in [1.165, 1.54) is 0 Å². The highest BCUT2D eigenvalue weighted by atomic mass is 35.5. The molecular formula is C16H18ClNO2. The topological polar surface area (TPSA) is 30.5 Å². The molecule has 0 aliphatic heterocycles. The molecule has 0 aromatic heterocycles. The van der Waals surface area contributed by atoms with E-state index in [0.717, 1.165) is 22.8 Å². The largest absolute Gasteiger partial charge is 0.494 e. The number of hydrogen-bond donors (Lipinski definition) is 1. The highest BCUT2D eigenvalue weighted by Gasteiger charge is 2.08. The molecule has 0 aliphatic carbocycles. The summed E-state index contributed by atoms with van der Waals surface area (Å²) in [4.78, 5) is 0. The van der Waals surface area contributed by atoms with E-state index in [0.29, 0.717) is 18.2 Å². The Hall–Kier alpha value is -1.71. The van der Waals surface area contributed by atoms with Crippen LogP contribution in [0.2, 0.25) is 5.02 Å². The van der Waals surface area contributed by atoms with E-state index < -0.39 is 0 Å². The summed E-state index contributed by atoms with van der Waals surface area (Å²) in [6.45, 7) is 3.27. The van der Waals surface area contributed by atoms with Gasteiger partial charge in [0.2, 0.25) is 0 Å². The second-order valence-electron chi connectivity index (χ2n) is 4.25. The maximum Gasteiger partial charge on any atom is 0.133 e. The molecule has 0 bridgehead atoms. The van der Waals surface area contributed by atoms with Crippen LogP contribution in [0, 0.1) is 0 Å². The smallest absolute Gasteiger partial charge is 0.133 e. The van der Waals surface area contributed by atoms with Gasteiger partial charge >= 0.3 is 0 Å². The van der Waals surface area contributed by atoms with Crippen molar-refractivity contribution < 1.29 is 9.47 Å². The lowest BCUT2D eigenvalue weighted by Gasteiger charge is -2.13. The third-order valence-corrected chi connectivity index (χ3v) is 3.15. The summed E-state index contributed by atoms with van der Waals surface area (Å²) in [5.74, 6) is 2.35. The summed E-state index contributed by atoms with van der Waals surface area (Å²) >= 11 is 6.20. The van der Waals surface area contributed by atoms with E-state index in [4.69, 9.17) is 21.1 Å². The number of hydrogen-bond acceptors (Lipinski definition) is 3. The Morgan fingerprint density at radius 2 is 1.75 bits per heavy atom. The van der Waals surface area contributed by atoms with Gasteiger partial charge < -0.3 is 14.8 Å². The van der Waals surface area contributed by atoms with E-state index in [-0.39, 0.29) is 0 Å². The minimum atomic E-state index is 0.654. The Labute approximate surface area is 124 Å². The van der Waals surface area contributed by atoms with Gasteiger partial charge in [0.1, 0.15) is 17.2 Å². The standard InChI is InChI=1S/C16H18ClNO2/c1-3-19-12-7-9-13(10-8-12)20-16-6-4-5-15(17)14(16)11-18-2/h4-10,18H,3,11H2,1-2H3. The lowest BCUT2D eigenvalue weighted by Crippen LogP contribution is -2.07. The molecule has 1 N–H and O–H groups in total. The first kappa shape index (κ1) is 14.7. The molecule has 0 saturated heterocycles. The lowest BCUT2D eigenvalue weighted by atomic mass is 10.2. The van der Waals surface area contributed by atoms with Crippen molar-refractivity contribution in [3.05, 3.63) is 53.1 Å². The van der Waals surface area contributed by atoms with Gasteiger partial charge in [-0.15, -0.1) is 0 Å². The quantitative estimate of drug-likeness (QED) is 0.863. The van der Waals surface area contributed by atoms with Crippen molar-refractivity contribution in [3.8, 4) is 17.2 Å². The van der Waals surface area contributed by atoms with Crippen LogP contribution in [0.25, 0.3) is 0 Å². The van der Waals surface area contributed by atoms with Gasteiger partial charge in [0, 0.05) is 17.1 Å². The van der Waals surface area contributed by atoms with E-state index in [1.54, 1.807) is 0 Å². The zero-order chi connectivity index (χ0) is 14.4. The van der Waals surface area contributed by atoms with E-state index in [1.807, 2.05) is 56.4 Å². The summed E-state index contributed by atoms with van der Waals surface area (Å²) in [6, 6.07) is 13.2. The van der Waals surface area contributed by atoms with E-state index in [2.05, 4.69) is 5.32 Å². The van der Waals surface area contributed by atoms with Crippen molar-refractivity contribution in [1.82, 2.24) is 5.32 Å². The van der Waals surface area contributed by atoms with Crippen molar-refractivity contribution in [1.29, 1.82) is 0 Å². The fraction of sp³-hybridized carbons (Fsp3) is 0.250. The van der Waals surface area contributed by atoms with Crippen LogP contribution in [-0.2, 0) is 6.54 Å². The first-order valence-electron chi connectivity index (χ1n) is 6.57. The Bertz CT molecular complexity index is 555. The molecule has 0 unspecified atom stereocenters. The highest BCUT2D eigenvalue weighted by molar-refractivity contribution is 6.31. The van der Waals surface area contributed by atoms with Gasteiger partial charge in [-0.1, -0.05) is 17.7 Å². The normalized spacial score (nSPS) is 10.3. The van der Waals surface area contributed by atoms with Crippen LogP contribution < -0.4 is 14.8 Å². The van der Waals surface area contributed by atoms with Crippen molar-refractivity contribution in [3.63, 3.8) is 0 Å². The molecule has 4 heteroatoms.